The smallest absolute Gasteiger partial charge is 0.274 e. The number of imidazole rings is 1. The Morgan fingerprint density at radius 3 is 2.79 bits per heavy atom. The molecule has 6 rings (SSSR count). The van der Waals surface area contributed by atoms with Crippen molar-refractivity contribution in [1.29, 1.82) is 0 Å². The fourth-order valence-electron chi connectivity index (χ4n) is 5.39. The number of nitrogens with two attached hydrogens (primary N) is 1. The maximum atomic E-state index is 13.3. The van der Waals surface area contributed by atoms with Crippen molar-refractivity contribution in [1.82, 2.24) is 19.2 Å². The summed E-state index contributed by atoms with van der Waals surface area (Å²) in [7, 11) is 3.68. The van der Waals surface area contributed by atoms with E-state index in [0.717, 1.165) is 18.5 Å². The molecule has 3 aliphatic rings. The molecule has 3 N–H and O–H groups in total. The maximum Gasteiger partial charge on any atom is 0.274 e. The Labute approximate surface area is 195 Å². The Kier molecular flexibility index (Phi) is 4.85. The highest BCUT2D eigenvalue weighted by Crippen LogP contribution is 2.53. The average molecular weight is 466 g/mol. The summed E-state index contributed by atoms with van der Waals surface area (Å²) in [5.41, 5.74) is 7.31. The number of carbonyl (C=O) groups excluding carboxylic acids is 1. The first-order valence-corrected chi connectivity index (χ1v) is 11.5. The van der Waals surface area contributed by atoms with Crippen LogP contribution in [0.3, 0.4) is 0 Å². The van der Waals surface area contributed by atoms with Crippen LogP contribution in [0.25, 0.3) is 5.65 Å². The summed E-state index contributed by atoms with van der Waals surface area (Å²) in [4.78, 5) is 31.8. The number of ether oxygens (including phenoxy) is 2. The van der Waals surface area contributed by atoms with Gasteiger partial charge in [-0.1, -0.05) is 0 Å². The largest absolute Gasteiger partial charge is 0.381 e. The summed E-state index contributed by atoms with van der Waals surface area (Å²) in [6.07, 6.45) is 5.32. The summed E-state index contributed by atoms with van der Waals surface area (Å²) in [6, 6.07) is 5.78. The summed E-state index contributed by atoms with van der Waals surface area (Å²) in [5, 5.41) is 7.71. The molecule has 1 saturated heterocycles. The van der Waals surface area contributed by atoms with Crippen LogP contribution < -0.4 is 21.5 Å². The predicted molar refractivity (Wildman–Crippen MR) is 125 cm³/mol. The number of nitrogens with zero attached hydrogens (tertiary/aromatic N) is 5. The van der Waals surface area contributed by atoms with Crippen molar-refractivity contribution < 1.29 is 14.3 Å². The van der Waals surface area contributed by atoms with E-state index in [0.29, 0.717) is 42.2 Å². The molecule has 4 atom stereocenters. The Hall–Kier alpha value is -3.44. The monoisotopic (exact) mass is 465 g/mol. The van der Waals surface area contributed by atoms with Gasteiger partial charge in [0.15, 0.2) is 11.5 Å². The van der Waals surface area contributed by atoms with E-state index in [9.17, 15) is 9.59 Å². The van der Waals surface area contributed by atoms with Gasteiger partial charge in [0, 0.05) is 44.3 Å². The number of anilines is 3. The van der Waals surface area contributed by atoms with Gasteiger partial charge in [0.2, 0.25) is 0 Å². The van der Waals surface area contributed by atoms with Crippen LogP contribution in [0.15, 0.2) is 35.4 Å². The zero-order valence-corrected chi connectivity index (χ0v) is 19.0. The van der Waals surface area contributed by atoms with Gasteiger partial charge in [-0.25, -0.2) is 9.50 Å². The van der Waals surface area contributed by atoms with Gasteiger partial charge in [-0.15, -0.1) is 5.10 Å². The molecule has 3 fully saturated rings. The Balaban J connectivity index is 1.39. The lowest BCUT2D eigenvalue weighted by molar-refractivity contribution is 0.0196. The summed E-state index contributed by atoms with van der Waals surface area (Å²) >= 11 is 0. The van der Waals surface area contributed by atoms with Crippen LogP contribution in [0.2, 0.25) is 0 Å². The fraction of sp³-hybridized carbons (Fsp3) is 0.478. The number of rotatable bonds is 7. The lowest BCUT2D eigenvalue weighted by atomic mass is 9.87. The highest BCUT2D eigenvalue weighted by atomic mass is 16.5. The van der Waals surface area contributed by atoms with Crippen LogP contribution in [-0.2, 0) is 9.47 Å². The first-order valence-electron chi connectivity index (χ1n) is 11.5. The van der Waals surface area contributed by atoms with Gasteiger partial charge in [0.25, 0.3) is 11.5 Å². The number of methoxy groups -OCH3 is 1. The number of likely N-dealkylation sites (N-methyl/N-ethyl adjacent to an activating group) is 1. The van der Waals surface area contributed by atoms with E-state index >= 15 is 0 Å². The highest BCUT2D eigenvalue weighted by Gasteiger charge is 2.55. The van der Waals surface area contributed by atoms with Gasteiger partial charge < -0.3 is 30.0 Å². The van der Waals surface area contributed by atoms with Crippen LogP contribution in [0, 0.1) is 11.8 Å². The third-order valence-electron chi connectivity index (χ3n) is 7.52. The van der Waals surface area contributed by atoms with Crippen LogP contribution >= 0.6 is 0 Å². The molecule has 34 heavy (non-hydrogen) atoms. The van der Waals surface area contributed by atoms with E-state index in [4.69, 9.17) is 15.2 Å². The summed E-state index contributed by atoms with van der Waals surface area (Å²) in [5.74, 6) is 0.594. The van der Waals surface area contributed by atoms with Crippen molar-refractivity contribution in [2.75, 3.05) is 37.6 Å². The van der Waals surface area contributed by atoms with Gasteiger partial charge >= 0.3 is 0 Å². The molecule has 3 aromatic heterocycles. The van der Waals surface area contributed by atoms with Gasteiger partial charge in [-0.3, -0.25) is 9.59 Å². The molecule has 0 spiro atoms. The minimum Gasteiger partial charge on any atom is -0.381 e. The lowest BCUT2D eigenvalue weighted by Crippen LogP contribution is -2.50. The third-order valence-corrected chi connectivity index (χ3v) is 7.52. The molecular weight excluding hydrogens is 438 g/mol. The molecule has 11 heteroatoms. The molecule has 3 aromatic rings. The SMILES string of the molecule is CO[C@@H]1CC[C@H]1N(C)c1cc(Nc2cccn(C3C4COCC43)c2=O)nn2c(C(N)=O)cnc12. The van der Waals surface area contributed by atoms with Crippen LogP contribution in [-0.4, -0.2) is 64.6 Å². The number of nitrogens with one attached hydrogen (secondary N) is 1. The van der Waals surface area contributed by atoms with Gasteiger partial charge in [-0.2, -0.15) is 0 Å². The van der Waals surface area contributed by atoms with Crippen molar-refractivity contribution in [3.05, 3.63) is 46.6 Å². The molecule has 11 nitrogen and oxygen atoms in total. The molecule has 2 aliphatic carbocycles. The number of carbonyl (C=O) groups is 1. The van der Waals surface area contributed by atoms with Gasteiger partial charge in [0.1, 0.15) is 11.4 Å². The standard InChI is InChI=1S/C23H27N7O4/c1-28(15-5-6-18(15)33-2)16-8-19(27-30-17(21(24)31)9-25-22(16)30)26-14-4-3-7-29(23(14)32)20-12-10-34-11-13(12)20/h3-4,7-9,12-13,15,18,20H,5-6,10-11H2,1-2H3,(H2,24,31)(H,26,27)/t12?,13?,15-,18-,20?/m1/s1. The minimum atomic E-state index is -0.631. The van der Waals surface area contributed by atoms with E-state index < -0.39 is 5.91 Å². The summed E-state index contributed by atoms with van der Waals surface area (Å²) in [6.45, 7) is 1.40. The van der Waals surface area contributed by atoms with E-state index in [2.05, 4.69) is 20.3 Å². The van der Waals surface area contributed by atoms with Crippen LogP contribution in [0.5, 0.6) is 0 Å². The number of primary amides is 1. The molecular formula is C23H27N7O4. The van der Waals surface area contributed by atoms with E-state index in [1.807, 2.05) is 25.4 Å². The number of amides is 1. The van der Waals surface area contributed by atoms with Crippen molar-refractivity contribution in [2.45, 2.75) is 31.0 Å². The first-order chi connectivity index (χ1) is 16.5. The second-order valence-corrected chi connectivity index (χ2v) is 9.30. The number of aromatic nitrogens is 4. The molecule has 1 aliphatic heterocycles. The van der Waals surface area contributed by atoms with Crippen LogP contribution in [0.4, 0.5) is 17.2 Å². The first kappa shape index (κ1) is 21.1. The topological polar surface area (TPSA) is 129 Å². The van der Waals surface area contributed by atoms with E-state index in [-0.39, 0.29) is 29.4 Å². The lowest BCUT2D eigenvalue weighted by Gasteiger charge is -2.42. The predicted octanol–water partition coefficient (Wildman–Crippen LogP) is 1.16. The normalized spacial score (nSPS) is 27.3. The molecule has 1 amide bonds. The number of hydrogen-bond acceptors (Lipinski definition) is 8. The second kappa shape index (κ2) is 7.81. The molecule has 2 unspecified atom stereocenters. The average Bonchev–Trinajstić information content (AvgIpc) is 3.13. The number of fused-ring (bicyclic) bond motifs is 2. The zero-order valence-electron chi connectivity index (χ0n) is 19.0. The van der Waals surface area contributed by atoms with Gasteiger partial charge in [0.05, 0.1) is 37.2 Å². The Morgan fingerprint density at radius 1 is 1.32 bits per heavy atom. The van der Waals surface area contributed by atoms with E-state index in [1.165, 1.54) is 10.7 Å². The van der Waals surface area contributed by atoms with Crippen molar-refractivity contribution >= 4 is 28.7 Å². The molecule has 0 bridgehead atoms. The van der Waals surface area contributed by atoms with Gasteiger partial charge in [-0.05, 0) is 25.0 Å². The highest BCUT2D eigenvalue weighted by molar-refractivity contribution is 5.92. The zero-order chi connectivity index (χ0) is 23.6. The Bertz CT molecular complexity index is 1320. The molecule has 4 heterocycles. The molecule has 0 radical (unpaired) electrons. The maximum absolute atomic E-state index is 13.3. The quantitative estimate of drug-likeness (QED) is 0.532. The molecule has 0 aromatic carbocycles. The van der Waals surface area contributed by atoms with Crippen molar-refractivity contribution in [3.63, 3.8) is 0 Å². The number of hydrogen-bond donors (Lipinski definition) is 2. The summed E-state index contributed by atoms with van der Waals surface area (Å²) < 4.78 is 14.3. The number of pyridine rings is 1. The van der Waals surface area contributed by atoms with Crippen LogP contribution in [0.1, 0.15) is 29.4 Å². The minimum absolute atomic E-state index is 0.113. The third kappa shape index (κ3) is 3.18. The Morgan fingerprint density at radius 2 is 2.12 bits per heavy atom. The fourth-order valence-corrected chi connectivity index (χ4v) is 5.39. The second-order valence-electron chi connectivity index (χ2n) is 9.30. The molecule has 2 saturated carbocycles. The van der Waals surface area contributed by atoms with Crippen molar-refractivity contribution in [3.8, 4) is 0 Å². The van der Waals surface area contributed by atoms with E-state index in [1.54, 1.807) is 17.7 Å². The molecule has 178 valence electrons. The van der Waals surface area contributed by atoms with Crippen molar-refractivity contribution in [2.24, 2.45) is 17.6 Å².